The molecule has 3 N–H and O–H groups in total. The van der Waals surface area contributed by atoms with E-state index in [4.69, 9.17) is 4.74 Å². The Balaban J connectivity index is 3.29. The summed E-state index contributed by atoms with van der Waals surface area (Å²) < 4.78 is 5.46. The number of carbonyl (C=O) groups is 2. The second-order valence-electron chi connectivity index (χ2n) is 21.4. The lowest BCUT2D eigenvalue weighted by molar-refractivity contribution is -0.143. The van der Waals surface area contributed by atoms with Gasteiger partial charge in [-0.2, -0.15) is 0 Å². The van der Waals surface area contributed by atoms with Gasteiger partial charge in [-0.25, -0.2) is 0 Å². The van der Waals surface area contributed by atoms with E-state index in [1.54, 1.807) is 0 Å². The molecule has 0 bridgehead atoms. The molecule has 0 aromatic heterocycles. The van der Waals surface area contributed by atoms with Crippen LogP contribution in [0.5, 0.6) is 0 Å². The molecule has 0 aliphatic heterocycles. The molecule has 404 valence electrons. The summed E-state index contributed by atoms with van der Waals surface area (Å²) in [5.74, 6) is -0.0220. The maximum Gasteiger partial charge on any atom is 0.305 e. The van der Waals surface area contributed by atoms with Crippen molar-refractivity contribution in [3.8, 4) is 0 Å². The molecule has 0 fully saturated rings. The lowest BCUT2D eigenvalue weighted by Gasteiger charge is -2.22. The van der Waals surface area contributed by atoms with Gasteiger partial charge in [0.25, 0.3) is 0 Å². The van der Waals surface area contributed by atoms with Gasteiger partial charge in [0.15, 0.2) is 0 Å². The molecule has 0 saturated carbocycles. The number of aliphatic hydroxyl groups is 2. The largest absolute Gasteiger partial charge is 0.466 e. The maximum absolute atomic E-state index is 12.4. The van der Waals surface area contributed by atoms with Crippen LogP contribution < -0.4 is 5.32 Å². The molecule has 0 rings (SSSR count). The number of allylic oxidation sites excluding steroid dienone is 2. The fourth-order valence-electron chi connectivity index (χ4n) is 9.80. The highest BCUT2D eigenvalue weighted by atomic mass is 16.5. The summed E-state index contributed by atoms with van der Waals surface area (Å²) in [5.41, 5.74) is 0. The number of rotatable bonds is 58. The Morgan fingerprint density at radius 3 is 1.09 bits per heavy atom. The predicted octanol–water partition coefficient (Wildman–Crippen LogP) is 19.2. The van der Waals surface area contributed by atoms with Gasteiger partial charge in [0.2, 0.25) is 5.91 Å². The zero-order chi connectivity index (χ0) is 49.3. The van der Waals surface area contributed by atoms with Crippen molar-refractivity contribution in [3.63, 3.8) is 0 Å². The Labute approximate surface area is 425 Å². The number of ether oxygens (including phenoxy) is 1. The van der Waals surface area contributed by atoms with Gasteiger partial charge in [0.05, 0.1) is 25.4 Å². The summed E-state index contributed by atoms with van der Waals surface area (Å²) >= 11 is 0. The molecule has 2 unspecified atom stereocenters. The van der Waals surface area contributed by atoms with Crippen LogP contribution in [0.4, 0.5) is 0 Å². The van der Waals surface area contributed by atoms with E-state index in [-0.39, 0.29) is 18.5 Å². The Hall–Kier alpha value is -1.40. The van der Waals surface area contributed by atoms with Crippen molar-refractivity contribution in [3.05, 3.63) is 12.2 Å². The Kier molecular flexibility index (Phi) is 57.0. The van der Waals surface area contributed by atoms with Gasteiger partial charge in [0, 0.05) is 12.8 Å². The first-order valence-electron chi connectivity index (χ1n) is 30.9. The van der Waals surface area contributed by atoms with Crippen molar-refractivity contribution < 1.29 is 24.5 Å². The molecule has 2 atom stereocenters. The van der Waals surface area contributed by atoms with Crippen molar-refractivity contribution >= 4 is 11.9 Å². The normalized spacial score (nSPS) is 12.6. The molecule has 0 radical (unpaired) electrons. The number of hydrogen-bond acceptors (Lipinski definition) is 5. The minimum Gasteiger partial charge on any atom is -0.466 e. The zero-order valence-electron chi connectivity index (χ0n) is 46.1. The summed E-state index contributed by atoms with van der Waals surface area (Å²) in [5, 5.41) is 23.1. The summed E-state index contributed by atoms with van der Waals surface area (Å²) in [7, 11) is 0. The molecule has 0 heterocycles. The van der Waals surface area contributed by atoms with Crippen LogP contribution in [0.25, 0.3) is 0 Å². The van der Waals surface area contributed by atoms with Gasteiger partial charge < -0.3 is 20.3 Å². The van der Waals surface area contributed by atoms with E-state index in [9.17, 15) is 19.8 Å². The highest BCUT2D eigenvalue weighted by Gasteiger charge is 2.20. The van der Waals surface area contributed by atoms with E-state index in [1.807, 2.05) is 0 Å². The van der Waals surface area contributed by atoms with E-state index in [1.165, 1.54) is 270 Å². The molecular formula is C62H121NO5. The monoisotopic (exact) mass is 960 g/mol. The molecular weight excluding hydrogens is 839 g/mol. The van der Waals surface area contributed by atoms with Crippen LogP contribution in [0.2, 0.25) is 0 Å². The molecule has 6 nitrogen and oxygen atoms in total. The number of esters is 1. The van der Waals surface area contributed by atoms with Crippen molar-refractivity contribution in [2.75, 3.05) is 13.2 Å². The molecule has 0 aromatic carbocycles. The van der Waals surface area contributed by atoms with Crippen LogP contribution in [-0.2, 0) is 14.3 Å². The first-order valence-corrected chi connectivity index (χ1v) is 30.9. The van der Waals surface area contributed by atoms with Crippen molar-refractivity contribution in [1.29, 1.82) is 0 Å². The molecule has 0 aromatic rings. The van der Waals surface area contributed by atoms with Crippen LogP contribution in [0, 0.1) is 0 Å². The fourth-order valence-corrected chi connectivity index (χ4v) is 9.80. The molecule has 0 spiro atoms. The van der Waals surface area contributed by atoms with E-state index >= 15 is 0 Å². The van der Waals surface area contributed by atoms with Crippen LogP contribution in [-0.4, -0.2) is 47.4 Å². The standard InChI is InChI=1S/C62H121NO5/c1-3-5-7-9-11-13-35-40-44-48-52-56-62(67)68-57-53-49-45-41-37-34-32-30-28-26-24-22-20-18-16-14-15-17-19-21-23-25-27-29-31-33-36-39-43-47-51-55-61(66)63-59(58-64)60(65)54-50-46-42-38-12-10-8-6-4-2/h9,11,59-60,64-65H,3-8,10,12-58H2,1-2H3,(H,63,66)/b11-9-. The van der Waals surface area contributed by atoms with Gasteiger partial charge in [-0.15, -0.1) is 0 Å². The number of unbranched alkanes of at least 4 members (excludes halogenated alkanes) is 45. The van der Waals surface area contributed by atoms with E-state index < -0.39 is 12.1 Å². The Morgan fingerprint density at radius 1 is 0.397 bits per heavy atom. The quantitative estimate of drug-likeness (QED) is 0.0321. The van der Waals surface area contributed by atoms with Crippen molar-refractivity contribution in [2.45, 2.75) is 360 Å². The highest BCUT2D eigenvalue weighted by Crippen LogP contribution is 2.18. The van der Waals surface area contributed by atoms with Crippen LogP contribution >= 0.6 is 0 Å². The third kappa shape index (κ3) is 53.9. The Bertz CT molecular complexity index is 1020. The van der Waals surface area contributed by atoms with Gasteiger partial charge in [-0.3, -0.25) is 9.59 Å². The van der Waals surface area contributed by atoms with Crippen molar-refractivity contribution in [2.24, 2.45) is 0 Å². The first-order chi connectivity index (χ1) is 33.5. The molecule has 6 heteroatoms. The lowest BCUT2D eigenvalue weighted by Crippen LogP contribution is -2.45. The lowest BCUT2D eigenvalue weighted by atomic mass is 10.0. The molecule has 1 amide bonds. The van der Waals surface area contributed by atoms with Crippen LogP contribution in [0.1, 0.15) is 348 Å². The van der Waals surface area contributed by atoms with Crippen LogP contribution in [0.15, 0.2) is 12.2 Å². The molecule has 0 saturated heterocycles. The summed E-state index contributed by atoms with van der Waals surface area (Å²) in [6.07, 6.45) is 69.7. The van der Waals surface area contributed by atoms with E-state index in [0.29, 0.717) is 25.9 Å². The SMILES string of the molecule is CCCC/C=C\CCCCCCCC(=O)OCCCCCCCCCCCCCCCCCCCCCCCCCCCCCCCCCC(=O)NC(CO)C(O)CCCCCCCCCCC. The summed E-state index contributed by atoms with van der Waals surface area (Å²) in [6, 6.07) is -0.535. The van der Waals surface area contributed by atoms with E-state index in [2.05, 4.69) is 31.3 Å². The average molecular weight is 961 g/mol. The van der Waals surface area contributed by atoms with Gasteiger partial charge in [-0.1, -0.05) is 302 Å². The number of hydrogen-bond donors (Lipinski definition) is 3. The summed E-state index contributed by atoms with van der Waals surface area (Å²) in [4.78, 5) is 24.4. The first kappa shape index (κ1) is 66.6. The zero-order valence-corrected chi connectivity index (χ0v) is 46.1. The van der Waals surface area contributed by atoms with Crippen LogP contribution in [0.3, 0.4) is 0 Å². The van der Waals surface area contributed by atoms with Gasteiger partial charge in [-0.05, 0) is 44.9 Å². The third-order valence-corrected chi connectivity index (χ3v) is 14.6. The highest BCUT2D eigenvalue weighted by molar-refractivity contribution is 5.76. The smallest absolute Gasteiger partial charge is 0.305 e. The van der Waals surface area contributed by atoms with Gasteiger partial charge >= 0.3 is 5.97 Å². The second kappa shape index (κ2) is 58.2. The maximum atomic E-state index is 12.4. The molecule has 0 aliphatic carbocycles. The number of amides is 1. The van der Waals surface area contributed by atoms with E-state index in [0.717, 1.165) is 44.9 Å². The minimum absolute atomic E-state index is 0.00976. The average Bonchev–Trinajstić information content (AvgIpc) is 3.34. The Morgan fingerprint density at radius 2 is 0.706 bits per heavy atom. The van der Waals surface area contributed by atoms with Crippen molar-refractivity contribution in [1.82, 2.24) is 5.32 Å². The third-order valence-electron chi connectivity index (χ3n) is 14.6. The second-order valence-corrected chi connectivity index (χ2v) is 21.4. The predicted molar refractivity (Wildman–Crippen MR) is 297 cm³/mol. The number of aliphatic hydroxyl groups excluding tert-OH is 2. The van der Waals surface area contributed by atoms with Gasteiger partial charge in [0.1, 0.15) is 0 Å². The fraction of sp³-hybridized carbons (Fsp3) is 0.935. The number of nitrogens with one attached hydrogen (secondary N) is 1. The summed E-state index contributed by atoms with van der Waals surface area (Å²) in [6.45, 7) is 4.91. The minimum atomic E-state index is -0.658. The molecule has 0 aliphatic rings. The number of carbonyl (C=O) groups excluding carboxylic acids is 2. The topological polar surface area (TPSA) is 95.9 Å². The molecule has 68 heavy (non-hydrogen) atoms.